The molecule has 3 aromatic rings. The van der Waals surface area contributed by atoms with Crippen LogP contribution in [0.25, 0.3) is 22.3 Å². The maximum absolute atomic E-state index is 12.4. The summed E-state index contributed by atoms with van der Waals surface area (Å²) in [6, 6.07) is 4.08. The van der Waals surface area contributed by atoms with Crippen LogP contribution in [0.1, 0.15) is 51.3 Å². The molecule has 0 bridgehead atoms. The zero-order valence-electron chi connectivity index (χ0n) is 20.9. The minimum Gasteiger partial charge on any atom is -0.342 e. The first kappa shape index (κ1) is 23.9. The molecule has 2 fully saturated rings. The van der Waals surface area contributed by atoms with Gasteiger partial charge in [0.1, 0.15) is 11.4 Å². The third kappa shape index (κ3) is 4.55. The first-order valence-electron chi connectivity index (χ1n) is 12.5. The van der Waals surface area contributed by atoms with Gasteiger partial charge < -0.3 is 20.6 Å². The number of hydrogen-bond acceptors (Lipinski definition) is 6. The first-order valence-corrected chi connectivity index (χ1v) is 12.5. The van der Waals surface area contributed by atoms with Gasteiger partial charge in [-0.3, -0.25) is 19.7 Å². The molecule has 0 aromatic carbocycles. The van der Waals surface area contributed by atoms with Crippen molar-refractivity contribution in [2.75, 3.05) is 18.4 Å². The molecule has 1 atom stereocenters. The van der Waals surface area contributed by atoms with E-state index in [1.165, 1.54) is 0 Å². The topological polar surface area (TPSA) is 144 Å². The normalized spacial score (nSPS) is 17.2. The van der Waals surface area contributed by atoms with Crippen LogP contribution in [0.2, 0.25) is 0 Å². The third-order valence-corrected chi connectivity index (χ3v) is 7.44. The summed E-state index contributed by atoms with van der Waals surface area (Å²) in [5.41, 5.74) is 4.26. The second-order valence-electron chi connectivity index (χ2n) is 10.0. The highest BCUT2D eigenvalue weighted by Gasteiger charge is 2.35. The lowest BCUT2D eigenvalue weighted by molar-refractivity contribution is -0.133. The van der Waals surface area contributed by atoms with Crippen molar-refractivity contribution >= 4 is 40.0 Å². The average molecular weight is 489 g/mol. The number of likely N-dealkylation sites (tertiary alicyclic amines) is 1. The Kier molecular flexibility index (Phi) is 6.19. The molecule has 1 aliphatic carbocycles. The van der Waals surface area contributed by atoms with Crippen LogP contribution in [0, 0.1) is 29.6 Å². The van der Waals surface area contributed by atoms with Gasteiger partial charge >= 0.3 is 0 Å². The highest BCUT2D eigenvalue weighted by atomic mass is 16.2. The monoisotopic (exact) mass is 488 g/mol. The molecule has 2 aliphatic rings. The lowest BCUT2D eigenvalue weighted by atomic mass is 10.0. The van der Waals surface area contributed by atoms with Crippen molar-refractivity contribution < 1.29 is 9.59 Å². The summed E-state index contributed by atoms with van der Waals surface area (Å²) in [6.07, 6.45) is 7.32. The van der Waals surface area contributed by atoms with E-state index < -0.39 is 11.8 Å². The van der Waals surface area contributed by atoms with Crippen LogP contribution < -0.4 is 5.32 Å². The number of pyridine rings is 1. The average Bonchev–Trinajstić information content (AvgIpc) is 3.53. The quantitative estimate of drug-likeness (QED) is 0.373. The van der Waals surface area contributed by atoms with E-state index >= 15 is 0 Å². The van der Waals surface area contributed by atoms with E-state index in [4.69, 9.17) is 10.8 Å². The molecule has 4 N–H and O–H groups in total. The van der Waals surface area contributed by atoms with Gasteiger partial charge in [0.05, 0.1) is 29.8 Å². The Morgan fingerprint density at radius 2 is 1.86 bits per heavy atom. The predicted molar refractivity (Wildman–Crippen MR) is 139 cm³/mol. The molecular formula is C26H32N8O2. The summed E-state index contributed by atoms with van der Waals surface area (Å²) in [5, 5.41) is 23.9. The lowest BCUT2D eigenvalue weighted by Crippen LogP contribution is -2.40. The molecule has 188 valence electrons. The van der Waals surface area contributed by atoms with Crippen LogP contribution in [0.5, 0.6) is 0 Å². The van der Waals surface area contributed by atoms with Gasteiger partial charge in [0.2, 0.25) is 5.91 Å². The van der Waals surface area contributed by atoms with Crippen LogP contribution in [-0.4, -0.2) is 61.0 Å². The van der Waals surface area contributed by atoms with E-state index in [0.29, 0.717) is 17.2 Å². The molecule has 0 spiro atoms. The largest absolute Gasteiger partial charge is 0.342 e. The molecule has 10 heteroatoms. The van der Waals surface area contributed by atoms with Gasteiger partial charge in [-0.05, 0) is 51.7 Å². The van der Waals surface area contributed by atoms with Crippen molar-refractivity contribution in [2.45, 2.75) is 52.5 Å². The number of nitrogens with zero attached hydrogens (tertiary/aromatic N) is 4. The molecule has 1 unspecified atom stereocenters. The molecule has 2 amide bonds. The Bertz CT molecular complexity index is 1360. The molecule has 1 saturated carbocycles. The summed E-state index contributed by atoms with van der Waals surface area (Å²) in [4.78, 5) is 34.6. The minimum absolute atomic E-state index is 0.150. The molecule has 5 rings (SSSR count). The number of carbonyl (C=O) groups is 2. The molecule has 36 heavy (non-hydrogen) atoms. The first-order chi connectivity index (χ1) is 17.2. The van der Waals surface area contributed by atoms with Crippen molar-refractivity contribution in [2.24, 2.45) is 11.8 Å². The summed E-state index contributed by atoms with van der Waals surface area (Å²) in [5.74, 6) is -0.478. The van der Waals surface area contributed by atoms with E-state index in [0.717, 1.165) is 61.1 Å². The number of hydrogen-bond donors (Lipinski definition) is 4. The molecule has 1 saturated heterocycles. The fourth-order valence-electron chi connectivity index (χ4n) is 4.82. The summed E-state index contributed by atoms with van der Waals surface area (Å²) < 4.78 is 2.08. The second kappa shape index (κ2) is 9.33. The van der Waals surface area contributed by atoms with Crippen LogP contribution in [0.3, 0.4) is 0 Å². The summed E-state index contributed by atoms with van der Waals surface area (Å²) >= 11 is 0. The van der Waals surface area contributed by atoms with Crippen molar-refractivity contribution in [3.05, 3.63) is 30.2 Å². The Balaban J connectivity index is 1.29. The van der Waals surface area contributed by atoms with Gasteiger partial charge in [-0.15, -0.1) is 0 Å². The van der Waals surface area contributed by atoms with Gasteiger partial charge in [0.25, 0.3) is 5.91 Å². The summed E-state index contributed by atoms with van der Waals surface area (Å²) in [7, 11) is 0. The number of amides is 2. The SMILES string of the molecule is CC(=N)C(C)C(=N)C(=O)Nc1cnc2[nH]c(-c3cnn(C4CCN(C(=O)C5CC5)CC4)c3C)cc2c1. The van der Waals surface area contributed by atoms with E-state index in [1.54, 1.807) is 20.0 Å². The predicted octanol–water partition coefficient (Wildman–Crippen LogP) is 3.94. The molecular weight excluding hydrogens is 456 g/mol. The zero-order chi connectivity index (χ0) is 25.6. The fraction of sp³-hybridized carbons (Fsp3) is 0.462. The number of H-pyrrole nitrogens is 1. The van der Waals surface area contributed by atoms with E-state index in [1.807, 2.05) is 23.2 Å². The van der Waals surface area contributed by atoms with E-state index in [-0.39, 0.29) is 23.4 Å². The Hall–Kier alpha value is -3.82. The zero-order valence-corrected chi connectivity index (χ0v) is 20.9. The Morgan fingerprint density at radius 1 is 1.14 bits per heavy atom. The van der Waals surface area contributed by atoms with Crippen LogP contribution in [-0.2, 0) is 9.59 Å². The molecule has 10 nitrogen and oxygen atoms in total. The van der Waals surface area contributed by atoms with Gasteiger partial charge in [-0.2, -0.15) is 5.10 Å². The number of fused-ring (bicyclic) bond motifs is 1. The van der Waals surface area contributed by atoms with Crippen LogP contribution in [0.4, 0.5) is 5.69 Å². The minimum atomic E-state index is -0.536. The number of piperidine rings is 1. The number of aromatic nitrogens is 4. The van der Waals surface area contributed by atoms with Gasteiger partial charge in [-0.25, -0.2) is 4.98 Å². The maximum Gasteiger partial charge on any atom is 0.270 e. The maximum atomic E-state index is 12.4. The number of rotatable bonds is 7. The number of carbonyl (C=O) groups excluding carboxylic acids is 2. The van der Waals surface area contributed by atoms with Crippen molar-refractivity contribution in [3.63, 3.8) is 0 Å². The molecule has 3 aromatic heterocycles. The fourth-order valence-corrected chi connectivity index (χ4v) is 4.82. The number of nitrogens with one attached hydrogen (secondary N) is 4. The molecule has 0 radical (unpaired) electrons. The second-order valence-corrected chi connectivity index (χ2v) is 10.0. The van der Waals surface area contributed by atoms with Crippen molar-refractivity contribution in [1.82, 2.24) is 24.6 Å². The molecule has 1 aliphatic heterocycles. The van der Waals surface area contributed by atoms with Gasteiger partial charge in [0.15, 0.2) is 0 Å². The summed E-state index contributed by atoms with van der Waals surface area (Å²) in [6.45, 7) is 6.89. The van der Waals surface area contributed by atoms with Crippen molar-refractivity contribution in [1.29, 1.82) is 10.8 Å². The van der Waals surface area contributed by atoms with Crippen molar-refractivity contribution in [3.8, 4) is 11.3 Å². The van der Waals surface area contributed by atoms with Gasteiger partial charge in [-0.1, -0.05) is 6.92 Å². The van der Waals surface area contributed by atoms with Crippen LogP contribution in [0.15, 0.2) is 24.5 Å². The van der Waals surface area contributed by atoms with E-state index in [9.17, 15) is 9.59 Å². The number of anilines is 1. The highest BCUT2D eigenvalue weighted by Crippen LogP contribution is 2.34. The highest BCUT2D eigenvalue weighted by molar-refractivity contribution is 6.45. The Morgan fingerprint density at radius 3 is 2.53 bits per heavy atom. The van der Waals surface area contributed by atoms with Crippen LogP contribution >= 0.6 is 0 Å². The van der Waals surface area contributed by atoms with Gasteiger partial charge in [0, 0.05) is 47.3 Å². The lowest BCUT2D eigenvalue weighted by Gasteiger charge is -2.32. The Labute approximate surface area is 209 Å². The van der Waals surface area contributed by atoms with E-state index in [2.05, 4.69) is 32.0 Å². The molecule has 4 heterocycles. The number of aromatic amines is 1. The third-order valence-electron chi connectivity index (χ3n) is 7.44. The standard InChI is InChI=1S/C26H32N8O2/c1-14(15(2)27)23(28)25(35)31-19-10-18-11-22(32-24(18)29-12-19)21-13-30-34(16(21)3)20-6-8-33(9-7-20)26(36)17-4-5-17/h10-14,17,20,27-28H,4-9H2,1-3H3,(H,29,32)(H,31,35). The smallest absolute Gasteiger partial charge is 0.270 e.